The van der Waals surface area contributed by atoms with E-state index in [2.05, 4.69) is 35.2 Å². The van der Waals surface area contributed by atoms with E-state index in [4.69, 9.17) is 15.0 Å². The van der Waals surface area contributed by atoms with E-state index >= 15 is 0 Å². The van der Waals surface area contributed by atoms with Gasteiger partial charge in [-0.2, -0.15) is 0 Å². The van der Waals surface area contributed by atoms with Crippen molar-refractivity contribution in [2.75, 3.05) is 7.11 Å². The van der Waals surface area contributed by atoms with Gasteiger partial charge in [-0.1, -0.05) is 13.8 Å². The maximum atomic E-state index is 5.88. The van der Waals surface area contributed by atoms with Gasteiger partial charge >= 0.3 is 0 Å². The fourth-order valence-corrected chi connectivity index (χ4v) is 3.37. The lowest BCUT2D eigenvalue weighted by atomic mass is 9.68. The van der Waals surface area contributed by atoms with Gasteiger partial charge in [0.15, 0.2) is 0 Å². The van der Waals surface area contributed by atoms with Gasteiger partial charge in [-0.15, -0.1) is 0 Å². The summed E-state index contributed by atoms with van der Waals surface area (Å²) in [7, 11) is 1.76. The Hall–Kier alpha value is -0.360. The molecule has 4 nitrogen and oxygen atoms in total. The van der Waals surface area contributed by atoms with Gasteiger partial charge in [-0.3, -0.25) is 5.84 Å². The van der Waals surface area contributed by atoms with Crippen LogP contribution in [0.2, 0.25) is 0 Å². The van der Waals surface area contributed by atoms with Crippen molar-refractivity contribution in [3.63, 3.8) is 0 Å². The van der Waals surface area contributed by atoms with E-state index in [1.807, 2.05) is 6.07 Å². The van der Waals surface area contributed by atoms with Crippen LogP contribution in [0.5, 0.6) is 0 Å². The summed E-state index contributed by atoms with van der Waals surface area (Å²) in [5.74, 6) is 6.59. The highest BCUT2D eigenvalue weighted by molar-refractivity contribution is 9.10. The fourth-order valence-electron chi connectivity index (χ4n) is 2.94. The fraction of sp³-hybridized carbons (Fsp3) is 0.714. The van der Waals surface area contributed by atoms with Gasteiger partial charge in [0.05, 0.1) is 16.3 Å². The maximum absolute atomic E-state index is 5.88. The van der Waals surface area contributed by atoms with E-state index in [0.29, 0.717) is 5.41 Å². The lowest BCUT2D eigenvalue weighted by Crippen LogP contribution is -2.51. The molecule has 0 amide bonds. The number of hydrogen-bond donors (Lipinski definition) is 2. The molecule has 0 saturated heterocycles. The largest absolute Gasteiger partial charge is 0.466 e. The standard InChI is InChI=1S/C14H23BrN2O2/c1-13(2)5-7-14(18-3,8-6-13)12(17-16)11-10(15)4-9-19-11/h4,9,12,17H,5-8,16H2,1-3H3. The summed E-state index contributed by atoms with van der Waals surface area (Å²) in [5, 5.41) is 0. The van der Waals surface area contributed by atoms with Gasteiger partial charge in [0.2, 0.25) is 0 Å². The summed E-state index contributed by atoms with van der Waals surface area (Å²) in [6.45, 7) is 4.61. The van der Waals surface area contributed by atoms with Crippen molar-refractivity contribution in [1.29, 1.82) is 0 Å². The Balaban J connectivity index is 2.27. The summed E-state index contributed by atoms with van der Waals surface area (Å²) < 4.78 is 12.4. The van der Waals surface area contributed by atoms with Gasteiger partial charge in [0, 0.05) is 7.11 Å². The van der Waals surface area contributed by atoms with Crippen molar-refractivity contribution in [2.45, 2.75) is 51.2 Å². The minimum absolute atomic E-state index is 0.141. The number of rotatable bonds is 4. The molecule has 2 rings (SSSR count). The minimum Gasteiger partial charge on any atom is -0.466 e. The number of ether oxygens (including phenoxy) is 1. The minimum atomic E-state index is -0.301. The normalized spacial score (nSPS) is 23.2. The number of hydrazine groups is 1. The van der Waals surface area contributed by atoms with Crippen molar-refractivity contribution in [3.05, 3.63) is 22.6 Å². The Kier molecular flexibility index (Phi) is 4.40. The molecule has 1 aliphatic rings. The zero-order valence-corrected chi connectivity index (χ0v) is 13.4. The van der Waals surface area contributed by atoms with Crippen LogP contribution in [0.15, 0.2) is 21.2 Å². The zero-order valence-electron chi connectivity index (χ0n) is 11.8. The molecule has 1 heterocycles. The molecule has 1 aliphatic carbocycles. The molecule has 5 heteroatoms. The highest BCUT2D eigenvalue weighted by Crippen LogP contribution is 2.48. The van der Waals surface area contributed by atoms with Crippen LogP contribution in [0.4, 0.5) is 0 Å². The molecule has 3 N–H and O–H groups in total. The summed E-state index contributed by atoms with van der Waals surface area (Å²) in [6.07, 6.45) is 5.85. The third-order valence-electron chi connectivity index (χ3n) is 4.46. The summed E-state index contributed by atoms with van der Waals surface area (Å²) in [4.78, 5) is 0. The van der Waals surface area contributed by atoms with E-state index < -0.39 is 0 Å². The highest BCUT2D eigenvalue weighted by atomic mass is 79.9. The Bertz CT molecular complexity index is 421. The van der Waals surface area contributed by atoms with Crippen molar-refractivity contribution >= 4 is 15.9 Å². The molecule has 0 bridgehead atoms. The molecule has 0 aromatic carbocycles. The van der Waals surface area contributed by atoms with Gasteiger partial charge in [0.1, 0.15) is 11.8 Å². The topological polar surface area (TPSA) is 60.4 Å². The number of methoxy groups -OCH3 is 1. The smallest absolute Gasteiger partial charge is 0.139 e. The van der Waals surface area contributed by atoms with Crippen molar-refractivity contribution in [2.24, 2.45) is 11.3 Å². The van der Waals surface area contributed by atoms with Gasteiger partial charge in [-0.05, 0) is 53.1 Å². The van der Waals surface area contributed by atoms with Crippen molar-refractivity contribution in [3.8, 4) is 0 Å². The second kappa shape index (κ2) is 5.56. The van der Waals surface area contributed by atoms with Crippen LogP contribution in [-0.2, 0) is 4.74 Å². The lowest BCUT2D eigenvalue weighted by Gasteiger charge is -2.46. The Morgan fingerprint density at radius 1 is 1.37 bits per heavy atom. The highest BCUT2D eigenvalue weighted by Gasteiger charge is 2.46. The molecule has 0 radical (unpaired) electrons. The number of hydrogen-bond acceptors (Lipinski definition) is 4. The van der Waals surface area contributed by atoms with Gasteiger partial charge in [-0.25, -0.2) is 5.43 Å². The molecule has 1 aromatic rings. The predicted octanol–water partition coefficient (Wildman–Crippen LogP) is 3.53. The summed E-state index contributed by atoms with van der Waals surface area (Å²) >= 11 is 3.51. The Labute approximate surface area is 123 Å². The van der Waals surface area contributed by atoms with Crippen LogP contribution in [0.1, 0.15) is 51.3 Å². The molecule has 1 fully saturated rings. The maximum Gasteiger partial charge on any atom is 0.139 e. The molecule has 1 saturated carbocycles. The second-order valence-corrected chi connectivity index (χ2v) is 7.02. The Morgan fingerprint density at radius 3 is 2.42 bits per heavy atom. The van der Waals surface area contributed by atoms with E-state index in [0.717, 1.165) is 35.9 Å². The SMILES string of the molecule is COC1(C(NN)c2occc2Br)CCC(C)(C)CC1. The number of halogens is 1. The van der Waals surface area contributed by atoms with Crippen molar-refractivity contribution < 1.29 is 9.15 Å². The third kappa shape index (κ3) is 2.89. The van der Waals surface area contributed by atoms with E-state index in [-0.39, 0.29) is 11.6 Å². The van der Waals surface area contributed by atoms with E-state index in [1.165, 1.54) is 0 Å². The summed E-state index contributed by atoms with van der Waals surface area (Å²) in [6, 6.07) is 1.74. The van der Waals surface area contributed by atoms with Crippen LogP contribution >= 0.6 is 15.9 Å². The van der Waals surface area contributed by atoms with Gasteiger partial charge < -0.3 is 9.15 Å². The third-order valence-corrected chi connectivity index (χ3v) is 5.11. The molecule has 108 valence electrons. The number of nitrogens with two attached hydrogens (primary N) is 1. The Morgan fingerprint density at radius 2 is 2.00 bits per heavy atom. The predicted molar refractivity (Wildman–Crippen MR) is 78.5 cm³/mol. The van der Waals surface area contributed by atoms with E-state index in [1.54, 1.807) is 13.4 Å². The lowest BCUT2D eigenvalue weighted by molar-refractivity contribution is -0.0918. The first kappa shape index (κ1) is 15.0. The van der Waals surface area contributed by atoms with Crippen LogP contribution in [-0.4, -0.2) is 12.7 Å². The van der Waals surface area contributed by atoms with E-state index in [9.17, 15) is 0 Å². The molecule has 0 aliphatic heterocycles. The average molecular weight is 331 g/mol. The average Bonchev–Trinajstić information content (AvgIpc) is 2.79. The monoisotopic (exact) mass is 330 g/mol. The van der Waals surface area contributed by atoms with Crippen LogP contribution in [0.3, 0.4) is 0 Å². The molecule has 1 atom stereocenters. The summed E-state index contributed by atoms with van der Waals surface area (Å²) in [5.41, 5.74) is 2.96. The second-order valence-electron chi connectivity index (χ2n) is 6.17. The number of nitrogens with one attached hydrogen (secondary N) is 1. The first-order valence-corrected chi connectivity index (χ1v) is 7.48. The van der Waals surface area contributed by atoms with Crippen LogP contribution in [0.25, 0.3) is 0 Å². The number of furan rings is 1. The van der Waals surface area contributed by atoms with Crippen LogP contribution < -0.4 is 11.3 Å². The molecule has 19 heavy (non-hydrogen) atoms. The molecule has 1 aromatic heterocycles. The zero-order chi connectivity index (χ0) is 14.1. The molecule has 1 unspecified atom stereocenters. The first-order chi connectivity index (χ1) is 8.94. The quantitative estimate of drug-likeness (QED) is 0.654. The van der Waals surface area contributed by atoms with Crippen molar-refractivity contribution in [1.82, 2.24) is 5.43 Å². The molecular weight excluding hydrogens is 308 g/mol. The molecular formula is C14H23BrN2O2. The van der Waals surface area contributed by atoms with Crippen LogP contribution in [0, 0.1) is 5.41 Å². The first-order valence-electron chi connectivity index (χ1n) is 6.68. The van der Waals surface area contributed by atoms with Gasteiger partial charge in [0.25, 0.3) is 0 Å². The molecule has 0 spiro atoms.